The Morgan fingerprint density at radius 2 is 1.78 bits per heavy atom. The van der Waals surface area contributed by atoms with Gasteiger partial charge in [-0.3, -0.25) is 9.59 Å². The van der Waals surface area contributed by atoms with Crippen molar-refractivity contribution in [2.75, 3.05) is 19.6 Å². The van der Waals surface area contributed by atoms with Crippen LogP contribution in [0.15, 0.2) is 24.3 Å². The van der Waals surface area contributed by atoms with Crippen molar-refractivity contribution in [1.29, 1.82) is 0 Å². The second-order valence-electron chi connectivity index (χ2n) is 7.57. The van der Waals surface area contributed by atoms with Crippen molar-refractivity contribution in [3.63, 3.8) is 0 Å². The third-order valence-corrected chi connectivity index (χ3v) is 5.50. The van der Waals surface area contributed by atoms with Crippen molar-refractivity contribution in [2.24, 2.45) is 0 Å². The number of ketones is 2. The van der Waals surface area contributed by atoms with Crippen LogP contribution in [0.2, 0.25) is 0 Å². The first kappa shape index (κ1) is 17.8. The molecule has 1 aromatic heterocycles. The van der Waals surface area contributed by atoms with E-state index in [0.29, 0.717) is 29.1 Å². The summed E-state index contributed by atoms with van der Waals surface area (Å²) in [5.41, 5.74) is 0.0200. The predicted octanol–water partition coefficient (Wildman–Crippen LogP) is 0.529. The minimum atomic E-state index is -0.599. The first-order valence-electron chi connectivity index (χ1n) is 9.21. The van der Waals surface area contributed by atoms with Crippen LogP contribution in [0, 0.1) is 5.21 Å². The Morgan fingerprint density at radius 3 is 2.44 bits per heavy atom. The summed E-state index contributed by atoms with van der Waals surface area (Å²) in [4.78, 5) is 28.0. The van der Waals surface area contributed by atoms with Crippen LogP contribution in [0.4, 0.5) is 0 Å². The summed E-state index contributed by atoms with van der Waals surface area (Å²) >= 11 is 0. The molecule has 1 aromatic carbocycles. The lowest BCUT2D eigenvalue weighted by Crippen LogP contribution is -2.44. The molecular weight excluding hydrogens is 348 g/mol. The largest absolute Gasteiger partial charge is 0.571 e. The van der Waals surface area contributed by atoms with Gasteiger partial charge in [-0.1, -0.05) is 24.3 Å². The van der Waals surface area contributed by atoms with Gasteiger partial charge < -0.3 is 15.2 Å². The Bertz CT molecular complexity index is 908. The summed E-state index contributed by atoms with van der Waals surface area (Å²) in [6, 6.07) is 6.57. The van der Waals surface area contributed by atoms with Crippen LogP contribution in [0.5, 0.6) is 0 Å². The Kier molecular flexibility index (Phi) is 4.32. The normalized spacial score (nSPS) is 19.0. The zero-order valence-electron chi connectivity index (χ0n) is 15.2. The number of aromatic nitrogens is 3. The van der Waals surface area contributed by atoms with Gasteiger partial charge in [0.25, 0.3) is 0 Å². The molecule has 4 rings (SSSR count). The highest BCUT2D eigenvalue weighted by Gasteiger charge is 2.39. The molecule has 2 aromatic rings. The summed E-state index contributed by atoms with van der Waals surface area (Å²) in [6.45, 7) is 4.51. The number of hydrogen-bond donors (Lipinski definition) is 1. The summed E-state index contributed by atoms with van der Waals surface area (Å²) in [7, 11) is 0. The first-order chi connectivity index (χ1) is 12.9. The maximum atomic E-state index is 12.8. The lowest BCUT2D eigenvalue weighted by Gasteiger charge is -2.35. The smallest absolute Gasteiger partial charge is 0.220 e. The van der Waals surface area contributed by atoms with E-state index in [9.17, 15) is 19.9 Å². The van der Waals surface area contributed by atoms with Gasteiger partial charge in [-0.15, -0.1) is 4.68 Å². The fourth-order valence-electron chi connectivity index (χ4n) is 3.81. The molecule has 0 spiro atoms. The first-order valence-corrected chi connectivity index (χ1v) is 9.21. The second kappa shape index (κ2) is 6.54. The molecule has 0 atom stereocenters. The summed E-state index contributed by atoms with van der Waals surface area (Å²) < 4.78 is 1.26. The van der Waals surface area contributed by atoms with E-state index in [-0.39, 0.29) is 23.0 Å². The van der Waals surface area contributed by atoms with Crippen molar-refractivity contribution >= 4 is 11.6 Å². The third kappa shape index (κ3) is 3.15. The van der Waals surface area contributed by atoms with Gasteiger partial charge in [0.2, 0.25) is 17.3 Å². The zero-order chi connectivity index (χ0) is 19.2. The van der Waals surface area contributed by atoms with E-state index in [1.807, 2.05) is 6.92 Å². The number of nitrogens with zero attached hydrogens (tertiary/aromatic N) is 4. The Hall–Kier alpha value is -2.58. The average Bonchev–Trinajstić information content (AvgIpc) is 2.98. The monoisotopic (exact) mass is 370 g/mol. The van der Waals surface area contributed by atoms with Gasteiger partial charge in [0.1, 0.15) is 0 Å². The standard InChI is InChI=1S/C19H22N4O4/c1-19(26)7-11-21(12-8-19)9-4-10-22-16-15(20-23(22)27)17(24)13-5-2-3-6-14(13)18(16)25/h2-3,5-6,26H,4,7-12H2,1H3. The molecule has 0 unspecified atom stereocenters. The number of rotatable bonds is 4. The number of carbonyl (C=O) groups excluding carboxylic acids is 2. The van der Waals surface area contributed by atoms with E-state index in [1.54, 1.807) is 24.3 Å². The molecule has 1 aliphatic carbocycles. The fraction of sp³-hybridized carbons (Fsp3) is 0.474. The number of benzene rings is 1. The van der Waals surface area contributed by atoms with Crippen molar-refractivity contribution in [1.82, 2.24) is 14.7 Å². The van der Waals surface area contributed by atoms with Crippen LogP contribution in [0.1, 0.15) is 58.3 Å². The van der Waals surface area contributed by atoms with Gasteiger partial charge in [-0.25, -0.2) is 0 Å². The molecule has 1 fully saturated rings. The number of fused-ring (bicyclic) bond motifs is 2. The zero-order valence-corrected chi connectivity index (χ0v) is 15.2. The summed E-state index contributed by atoms with van der Waals surface area (Å²) in [5.74, 6) is -0.724. The number of likely N-dealkylation sites (tertiary alicyclic amines) is 1. The van der Waals surface area contributed by atoms with Gasteiger partial charge in [0.15, 0.2) is 5.69 Å². The molecule has 1 aliphatic heterocycles. The molecule has 0 radical (unpaired) electrons. The van der Waals surface area contributed by atoms with Crippen LogP contribution < -0.4 is 4.96 Å². The number of carbonyl (C=O) groups is 2. The molecule has 0 amide bonds. The van der Waals surface area contributed by atoms with Crippen LogP contribution in [0.25, 0.3) is 0 Å². The second-order valence-corrected chi connectivity index (χ2v) is 7.57. The molecule has 27 heavy (non-hydrogen) atoms. The maximum Gasteiger partial charge on any atom is 0.220 e. The Morgan fingerprint density at radius 1 is 1.15 bits per heavy atom. The number of aliphatic hydroxyl groups is 1. The highest BCUT2D eigenvalue weighted by molar-refractivity contribution is 6.26. The van der Waals surface area contributed by atoms with Crippen LogP contribution >= 0.6 is 0 Å². The lowest BCUT2D eigenvalue weighted by molar-refractivity contribution is -0.749. The SMILES string of the molecule is CC1(O)CCN(CCCn2c3c(n[n+]2[O-])C(=O)c2ccccc2C3=O)CC1. The highest BCUT2D eigenvalue weighted by Crippen LogP contribution is 2.25. The van der Waals surface area contributed by atoms with E-state index in [1.165, 1.54) is 4.68 Å². The number of piperidine rings is 1. The molecular formula is C19H22N4O4. The van der Waals surface area contributed by atoms with Crippen molar-refractivity contribution in [3.8, 4) is 0 Å². The quantitative estimate of drug-likeness (QED) is 0.531. The maximum absolute atomic E-state index is 12.8. The van der Waals surface area contributed by atoms with E-state index in [4.69, 9.17) is 0 Å². The minimum absolute atomic E-state index is 0.0669. The Balaban J connectivity index is 1.50. The Labute approximate surface area is 156 Å². The van der Waals surface area contributed by atoms with Crippen molar-refractivity contribution in [3.05, 3.63) is 52.0 Å². The van der Waals surface area contributed by atoms with E-state index < -0.39 is 5.60 Å². The van der Waals surface area contributed by atoms with E-state index in [2.05, 4.69) is 10.00 Å². The number of hydrogen-bond acceptors (Lipinski definition) is 6. The molecule has 0 bridgehead atoms. The van der Waals surface area contributed by atoms with E-state index in [0.717, 1.165) is 32.5 Å². The fourth-order valence-corrected chi connectivity index (χ4v) is 3.81. The third-order valence-electron chi connectivity index (χ3n) is 5.50. The van der Waals surface area contributed by atoms with Gasteiger partial charge in [0, 0.05) is 40.8 Å². The molecule has 2 aliphatic rings. The van der Waals surface area contributed by atoms with E-state index >= 15 is 0 Å². The average molecular weight is 370 g/mol. The van der Waals surface area contributed by atoms with Crippen molar-refractivity contribution in [2.45, 2.75) is 38.3 Å². The highest BCUT2D eigenvalue weighted by atomic mass is 16.5. The molecule has 1 N–H and O–H groups in total. The predicted molar refractivity (Wildman–Crippen MR) is 95.4 cm³/mol. The van der Waals surface area contributed by atoms with Crippen molar-refractivity contribution < 1.29 is 19.7 Å². The lowest BCUT2D eigenvalue weighted by atomic mass is 9.90. The van der Waals surface area contributed by atoms with Gasteiger partial charge in [-0.05, 0) is 26.2 Å². The van der Waals surface area contributed by atoms with Crippen LogP contribution in [-0.2, 0) is 6.54 Å². The minimum Gasteiger partial charge on any atom is -0.571 e. The molecule has 142 valence electrons. The molecule has 8 heteroatoms. The van der Waals surface area contributed by atoms with Crippen LogP contribution in [-0.4, -0.2) is 56.6 Å². The van der Waals surface area contributed by atoms with Gasteiger partial charge >= 0.3 is 0 Å². The summed E-state index contributed by atoms with van der Waals surface area (Å²) in [6.07, 6.45) is 2.09. The molecule has 1 saturated heterocycles. The molecule has 2 heterocycles. The van der Waals surface area contributed by atoms with Gasteiger partial charge in [-0.2, -0.15) is 0 Å². The van der Waals surface area contributed by atoms with Gasteiger partial charge in [0.05, 0.1) is 12.1 Å². The van der Waals surface area contributed by atoms with Crippen LogP contribution in [0.3, 0.4) is 0 Å². The topological polar surface area (TPSA) is 102 Å². The molecule has 0 saturated carbocycles. The molecule has 8 nitrogen and oxygen atoms in total. The summed E-state index contributed by atoms with van der Waals surface area (Å²) in [5, 5.41) is 26.0.